The molecule has 0 bridgehead atoms. The van der Waals surface area contributed by atoms with Gasteiger partial charge in [-0.2, -0.15) is 0 Å². The molecule has 2 atom stereocenters. The molecule has 1 fully saturated rings. The van der Waals surface area contributed by atoms with Crippen LogP contribution in [0.3, 0.4) is 0 Å². The van der Waals surface area contributed by atoms with Crippen molar-refractivity contribution < 1.29 is 13.5 Å². The highest BCUT2D eigenvalue weighted by atomic mass is 19.1. The zero-order valence-corrected chi connectivity index (χ0v) is 11.3. The van der Waals surface area contributed by atoms with E-state index in [0.717, 1.165) is 18.2 Å². The van der Waals surface area contributed by atoms with Gasteiger partial charge >= 0.3 is 0 Å². The summed E-state index contributed by atoms with van der Waals surface area (Å²) in [4.78, 5) is 0. The molecule has 106 valence electrons. The number of halogens is 2. The van der Waals surface area contributed by atoms with Crippen molar-refractivity contribution >= 4 is 0 Å². The van der Waals surface area contributed by atoms with E-state index in [1.165, 1.54) is 25.7 Å². The smallest absolute Gasteiger partial charge is 0.165 e. The average molecular weight is 269 g/mol. The molecule has 1 N–H and O–H groups in total. The lowest BCUT2D eigenvalue weighted by Crippen LogP contribution is -2.39. The van der Waals surface area contributed by atoms with Crippen molar-refractivity contribution in [3.05, 3.63) is 29.8 Å². The number of benzene rings is 1. The molecule has 0 spiro atoms. The lowest BCUT2D eigenvalue weighted by molar-refractivity contribution is 0.246. The Morgan fingerprint density at radius 2 is 2.05 bits per heavy atom. The second-order valence-corrected chi connectivity index (χ2v) is 5.25. The van der Waals surface area contributed by atoms with Gasteiger partial charge in [-0.05, 0) is 30.9 Å². The van der Waals surface area contributed by atoms with Crippen LogP contribution >= 0.6 is 0 Å². The molecule has 2 unspecified atom stereocenters. The Balaban J connectivity index is 1.73. The van der Waals surface area contributed by atoms with Crippen molar-refractivity contribution in [2.45, 2.75) is 38.6 Å². The molecule has 1 saturated carbocycles. The summed E-state index contributed by atoms with van der Waals surface area (Å²) in [6.45, 7) is 3.26. The number of hydrogen-bond acceptors (Lipinski definition) is 2. The molecule has 0 aliphatic heterocycles. The number of rotatable bonds is 5. The van der Waals surface area contributed by atoms with Gasteiger partial charge in [-0.15, -0.1) is 0 Å². The van der Waals surface area contributed by atoms with Gasteiger partial charge in [0.25, 0.3) is 0 Å². The Hall–Kier alpha value is -1.16. The third-order valence-electron chi connectivity index (χ3n) is 3.77. The summed E-state index contributed by atoms with van der Waals surface area (Å²) < 4.78 is 31.5. The molecule has 1 aromatic rings. The van der Waals surface area contributed by atoms with E-state index in [0.29, 0.717) is 25.1 Å². The summed E-state index contributed by atoms with van der Waals surface area (Å²) in [6.07, 6.45) is 5.03. The van der Waals surface area contributed by atoms with Crippen LogP contribution in [0.2, 0.25) is 0 Å². The van der Waals surface area contributed by atoms with E-state index in [9.17, 15) is 8.78 Å². The molecule has 1 aliphatic carbocycles. The van der Waals surface area contributed by atoms with Gasteiger partial charge in [0.05, 0.1) is 0 Å². The quantitative estimate of drug-likeness (QED) is 0.826. The van der Waals surface area contributed by atoms with E-state index in [4.69, 9.17) is 4.74 Å². The number of nitrogens with one attached hydrogen (secondary N) is 1. The summed E-state index contributed by atoms with van der Waals surface area (Å²) >= 11 is 0. The first kappa shape index (κ1) is 14.3. The molecule has 0 radical (unpaired) electrons. The van der Waals surface area contributed by atoms with Crippen LogP contribution < -0.4 is 10.1 Å². The maximum Gasteiger partial charge on any atom is 0.165 e. The van der Waals surface area contributed by atoms with Crippen LogP contribution in [-0.4, -0.2) is 19.2 Å². The van der Waals surface area contributed by atoms with E-state index >= 15 is 0 Å². The van der Waals surface area contributed by atoms with E-state index in [1.807, 2.05) is 0 Å². The lowest BCUT2D eigenvalue weighted by atomic mass is 9.86. The van der Waals surface area contributed by atoms with Gasteiger partial charge in [-0.3, -0.25) is 0 Å². The molecule has 0 amide bonds. The summed E-state index contributed by atoms with van der Waals surface area (Å²) in [5.41, 5.74) is 0. The van der Waals surface area contributed by atoms with Gasteiger partial charge in [0.2, 0.25) is 0 Å². The monoisotopic (exact) mass is 269 g/mol. The van der Waals surface area contributed by atoms with Crippen LogP contribution in [0.1, 0.15) is 32.6 Å². The van der Waals surface area contributed by atoms with E-state index < -0.39 is 11.6 Å². The van der Waals surface area contributed by atoms with Gasteiger partial charge in [0.15, 0.2) is 11.6 Å². The minimum atomic E-state index is -0.521. The predicted octanol–water partition coefficient (Wildman–Crippen LogP) is 3.51. The maximum atomic E-state index is 13.3. The van der Waals surface area contributed by atoms with Crippen molar-refractivity contribution in [3.8, 4) is 5.75 Å². The number of ether oxygens (including phenoxy) is 1. The van der Waals surface area contributed by atoms with Crippen LogP contribution in [0.15, 0.2) is 18.2 Å². The summed E-state index contributed by atoms with van der Waals surface area (Å²) in [5.74, 6) is -0.337. The lowest BCUT2D eigenvalue weighted by Gasteiger charge is -2.29. The van der Waals surface area contributed by atoms with Gasteiger partial charge in [0, 0.05) is 18.7 Å². The van der Waals surface area contributed by atoms with Crippen molar-refractivity contribution in [1.82, 2.24) is 5.32 Å². The Labute approximate surface area is 113 Å². The molecule has 2 nitrogen and oxygen atoms in total. The van der Waals surface area contributed by atoms with E-state index in [2.05, 4.69) is 12.2 Å². The van der Waals surface area contributed by atoms with Crippen LogP contribution in [0.5, 0.6) is 5.75 Å². The van der Waals surface area contributed by atoms with E-state index in [-0.39, 0.29) is 5.75 Å². The minimum absolute atomic E-state index is 0.0153. The molecule has 0 aromatic heterocycles. The molecule has 0 heterocycles. The zero-order chi connectivity index (χ0) is 13.7. The summed E-state index contributed by atoms with van der Waals surface area (Å²) in [7, 11) is 0. The van der Waals surface area contributed by atoms with Crippen molar-refractivity contribution in [3.63, 3.8) is 0 Å². The molecule has 4 heteroatoms. The first-order chi connectivity index (χ1) is 9.16. The Kier molecular flexibility index (Phi) is 5.14. The molecular weight excluding hydrogens is 248 g/mol. The Morgan fingerprint density at radius 1 is 1.26 bits per heavy atom. The zero-order valence-electron chi connectivity index (χ0n) is 11.3. The fourth-order valence-electron chi connectivity index (χ4n) is 2.61. The molecule has 1 aromatic carbocycles. The second kappa shape index (κ2) is 6.85. The van der Waals surface area contributed by atoms with Gasteiger partial charge in [0.1, 0.15) is 12.4 Å². The maximum absolute atomic E-state index is 13.3. The van der Waals surface area contributed by atoms with Crippen molar-refractivity contribution in [2.75, 3.05) is 13.2 Å². The standard InChI is InChI=1S/C15H21F2NO/c1-11-4-2-3-5-14(11)18-8-9-19-15-10-12(16)6-7-13(15)17/h6-7,10-11,14,18H,2-5,8-9H2,1H3. The van der Waals surface area contributed by atoms with Crippen molar-refractivity contribution in [1.29, 1.82) is 0 Å². The van der Waals surface area contributed by atoms with Gasteiger partial charge in [-0.1, -0.05) is 19.8 Å². The molecular formula is C15H21F2NO. The van der Waals surface area contributed by atoms with Gasteiger partial charge in [-0.25, -0.2) is 8.78 Å². The van der Waals surface area contributed by atoms with Crippen LogP contribution in [-0.2, 0) is 0 Å². The topological polar surface area (TPSA) is 21.3 Å². The SMILES string of the molecule is CC1CCCCC1NCCOc1cc(F)ccc1F. The van der Waals surface area contributed by atoms with Crippen LogP contribution in [0.25, 0.3) is 0 Å². The van der Waals surface area contributed by atoms with E-state index in [1.54, 1.807) is 0 Å². The molecule has 0 saturated heterocycles. The van der Waals surface area contributed by atoms with Crippen LogP contribution in [0, 0.1) is 17.6 Å². The average Bonchev–Trinajstić information content (AvgIpc) is 2.40. The highest BCUT2D eigenvalue weighted by Gasteiger charge is 2.20. The summed E-state index contributed by atoms with van der Waals surface area (Å²) in [6, 6.07) is 3.78. The largest absolute Gasteiger partial charge is 0.489 e. The molecule has 2 rings (SSSR count). The summed E-state index contributed by atoms with van der Waals surface area (Å²) in [5, 5.41) is 3.43. The highest BCUT2D eigenvalue weighted by molar-refractivity contribution is 5.24. The second-order valence-electron chi connectivity index (χ2n) is 5.25. The number of hydrogen-bond donors (Lipinski definition) is 1. The highest BCUT2D eigenvalue weighted by Crippen LogP contribution is 2.23. The predicted molar refractivity (Wildman–Crippen MR) is 71.3 cm³/mol. The molecule has 1 aliphatic rings. The first-order valence-corrected chi connectivity index (χ1v) is 6.98. The Bertz CT molecular complexity index is 411. The first-order valence-electron chi connectivity index (χ1n) is 6.98. The minimum Gasteiger partial charge on any atom is -0.489 e. The molecule has 19 heavy (non-hydrogen) atoms. The third kappa shape index (κ3) is 4.16. The fourth-order valence-corrected chi connectivity index (χ4v) is 2.61. The van der Waals surface area contributed by atoms with Crippen molar-refractivity contribution in [2.24, 2.45) is 5.92 Å². The third-order valence-corrected chi connectivity index (χ3v) is 3.77. The van der Waals surface area contributed by atoms with Gasteiger partial charge < -0.3 is 10.1 Å². The Morgan fingerprint density at radius 3 is 2.84 bits per heavy atom. The van der Waals surface area contributed by atoms with Crippen LogP contribution in [0.4, 0.5) is 8.78 Å². The fraction of sp³-hybridized carbons (Fsp3) is 0.600. The normalized spacial score (nSPS) is 23.3.